The highest BCUT2D eigenvalue weighted by Crippen LogP contribution is 2.40. The lowest BCUT2D eigenvalue weighted by atomic mass is 9.78. The molecule has 4 rings (SSSR count). The van der Waals surface area contributed by atoms with Crippen LogP contribution in [-0.4, -0.2) is 45.6 Å². The van der Waals surface area contributed by atoms with Crippen LogP contribution < -0.4 is 11.1 Å². The summed E-state index contributed by atoms with van der Waals surface area (Å²) < 4.78 is 2.00. The van der Waals surface area contributed by atoms with E-state index < -0.39 is 0 Å². The molecule has 0 bridgehead atoms. The van der Waals surface area contributed by atoms with Crippen LogP contribution >= 0.6 is 0 Å². The average Bonchev–Trinajstić information content (AvgIpc) is 3.13. The van der Waals surface area contributed by atoms with Crippen molar-refractivity contribution >= 4 is 17.6 Å². The fourth-order valence-corrected chi connectivity index (χ4v) is 5.31. The second-order valence-electron chi connectivity index (χ2n) is 9.45. The Morgan fingerprint density at radius 1 is 1.14 bits per heavy atom. The molecular weight excluding hydrogens is 354 g/mol. The molecule has 1 saturated carbocycles. The van der Waals surface area contributed by atoms with Gasteiger partial charge in [0.25, 0.3) is 5.91 Å². The van der Waals surface area contributed by atoms with Gasteiger partial charge in [-0.05, 0) is 51.9 Å². The highest BCUT2D eigenvalue weighted by Gasteiger charge is 2.40. The first-order valence-electron chi connectivity index (χ1n) is 10.8. The number of nitrogens with zero attached hydrogens (tertiary/aromatic N) is 3. The van der Waals surface area contributed by atoms with Crippen molar-refractivity contribution in [3.8, 4) is 0 Å². The molecule has 28 heavy (non-hydrogen) atoms. The molecule has 3 aliphatic rings. The quantitative estimate of drug-likeness (QED) is 0.834. The summed E-state index contributed by atoms with van der Waals surface area (Å²) in [4.78, 5) is 26.5. The van der Waals surface area contributed by atoms with Gasteiger partial charge in [0.15, 0.2) is 0 Å². The van der Waals surface area contributed by atoms with Crippen molar-refractivity contribution in [1.29, 1.82) is 0 Å². The number of fused-ring (bicyclic) bond motifs is 1. The van der Waals surface area contributed by atoms with Crippen LogP contribution in [0, 0.1) is 11.8 Å². The molecule has 7 nitrogen and oxygen atoms in total. The average molecular weight is 388 g/mol. The maximum atomic E-state index is 13.2. The van der Waals surface area contributed by atoms with Crippen LogP contribution in [-0.2, 0) is 10.3 Å². The van der Waals surface area contributed by atoms with Gasteiger partial charge in [0.1, 0.15) is 11.4 Å². The molecule has 1 unspecified atom stereocenters. The van der Waals surface area contributed by atoms with Crippen molar-refractivity contribution in [2.45, 2.75) is 76.8 Å². The van der Waals surface area contributed by atoms with Crippen molar-refractivity contribution in [1.82, 2.24) is 14.7 Å². The normalized spacial score (nSPS) is 25.8. The molecule has 0 radical (unpaired) electrons. The zero-order valence-corrected chi connectivity index (χ0v) is 17.1. The summed E-state index contributed by atoms with van der Waals surface area (Å²) in [6, 6.07) is 0.395. The third-order valence-corrected chi connectivity index (χ3v) is 7.02. The summed E-state index contributed by atoms with van der Waals surface area (Å²) in [7, 11) is 0. The van der Waals surface area contributed by atoms with Crippen molar-refractivity contribution in [2.75, 3.05) is 18.4 Å². The molecule has 0 spiro atoms. The van der Waals surface area contributed by atoms with Crippen LogP contribution in [0.4, 0.5) is 5.82 Å². The number of carbonyl (C=O) groups is 2. The fourth-order valence-electron chi connectivity index (χ4n) is 5.31. The summed E-state index contributed by atoms with van der Waals surface area (Å²) in [5, 5.41) is 8.28. The van der Waals surface area contributed by atoms with E-state index in [9.17, 15) is 9.59 Å². The van der Waals surface area contributed by atoms with Gasteiger partial charge in [-0.25, -0.2) is 4.68 Å². The van der Waals surface area contributed by atoms with Gasteiger partial charge in [-0.3, -0.25) is 9.59 Å². The largest absolute Gasteiger partial charge is 0.369 e. The highest BCUT2D eigenvalue weighted by atomic mass is 16.2. The number of hydrogen-bond acceptors (Lipinski definition) is 4. The molecule has 2 amide bonds. The van der Waals surface area contributed by atoms with Gasteiger partial charge >= 0.3 is 0 Å². The van der Waals surface area contributed by atoms with Crippen molar-refractivity contribution in [3.05, 3.63) is 11.8 Å². The second-order valence-corrected chi connectivity index (χ2v) is 9.45. The number of rotatable bonds is 3. The lowest BCUT2D eigenvalue weighted by Gasteiger charge is -2.42. The summed E-state index contributed by atoms with van der Waals surface area (Å²) in [5.74, 6) is 1.18. The third kappa shape index (κ3) is 3.51. The molecule has 0 aromatic carbocycles. The minimum atomic E-state index is -0.256. The van der Waals surface area contributed by atoms with Gasteiger partial charge in [0.05, 0.1) is 11.7 Å². The summed E-state index contributed by atoms with van der Waals surface area (Å²) >= 11 is 0. The van der Waals surface area contributed by atoms with Crippen molar-refractivity contribution in [2.24, 2.45) is 17.6 Å². The molecule has 154 valence electrons. The molecule has 7 heteroatoms. The molecule has 1 aromatic heterocycles. The number of hydrogen-bond donors (Lipinski definition) is 2. The van der Waals surface area contributed by atoms with E-state index in [1.165, 1.54) is 32.1 Å². The van der Waals surface area contributed by atoms with Crippen LogP contribution in [0.25, 0.3) is 0 Å². The topological polar surface area (TPSA) is 93.2 Å². The first kappa shape index (κ1) is 19.3. The lowest BCUT2D eigenvalue weighted by Crippen LogP contribution is -2.46. The number of aromatic nitrogens is 2. The predicted molar refractivity (Wildman–Crippen MR) is 108 cm³/mol. The molecule has 1 saturated heterocycles. The second kappa shape index (κ2) is 7.41. The molecule has 2 fully saturated rings. The van der Waals surface area contributed by atoms with Crippen LogP contribution in [0.15, 0.2) is 6.20 Å². The van der Waals surface area contributed by atoms with Crippen LogP contribution in [0.5, 0.6) is 0 Å². The van der Waals surface area contributed by atoms with Gasteiger partial charge in [0.2, 0.25) is 5.91 Å². The molecule has 2 aliphatic heterocycles. The van der Waals surface area contributed by atoms with E-state index in [2.05, 4.69) is 24.3 Å². The minimum absolute atomic E-state index is 0.0109. The Hall–Kier alpha value is -2.05. The Morgan fingerprint density at radius 3 is 2.46 bits per heavy atom. The molecule has 3 N–H and O–H groups in total. The number of amides is 2. The number of nitrogens with two attached hydrogens (primary N) is 1. The Labute approximate surface area is 167 Å². The van der Waals surface area contributed by atoms with Crippen molar-refractivity contribution in [3.63, 3.8) is 0 Å². The molecule has 3 heterocycles. The van der Waals surface area contributed by atoms with E-state index in [1.54, 1.807) is 6.20 Å². The van der Waals surface area contributed by atoms with Crippen LogP contribution in [0.3, 0.4) is 0 Å². The molecular formula is C21H33N5O2. The first-order chi connectivity index (χ1) is 13.4. The first-order valence-corrected chi connectivity index (χ1v) is 10.8. The fraction of sp³-hybridized carbons (Fsp3) is 0.762. The third-order valence-electron chi connectivity index (χ3n) is 7.02. The van der Waals surface area contributed by atoms with Gasteiger partial charge in [0, 0.05) is 25.0 Å². The van der Waals surface area contributed by atoms with Gasteiger partial charge in [-0.1, -0.05) is 19.3 Å². The minimum Gasteiger partial charge on any atom is -0.369 e. The Bertz CT molecular complexity index is 742. The zero-order valence-electron chi connectivity index (χ0n) is 17.1. The van der Waals surface area contributed by atoms with E-state index in [0.717, 1.165) is 12.2 Å². The lowest BCUT2D eigenvalue weighted by molar-refractivity contribution is -0.123. The zero-order chi connectivity index (χ0) is 19.9. The van der Waals surface area contributed by atoms with E-state index in [1.807, 2.05) is 9.58 Å². The van der Waals surface area contributed by atoms with Crippen LogP contribution in [0.2, 0.25) is 0 Å². The maximum absolute atomic E-state index is 13.2. The van der Waals surface area contributed by atoms with Crippen molar-refractivity contribution < 1.29 is 9.59 Å². The van der Waals surface area contributed by atoms with E-state index >= 15 is 0 Å². The SMILES string of the molecule is CC1(C)CC(C2CCCCC2)Nc2c(C(=O)N3CCC(C(N)=O)CC3)cnn21. The maximum Gasteiger partial charge on any atom is 0.259 e. The Kier molecular flexibility index (Phi) is 5.10. The molecule has 1 atom stereocenters. The van der Waals surface area contributed by atoms with Gasteiger partial charge < -0.3 is 16.0 Å². The monoisotopic (exact) mass is 387 g/mol. The molecule has 1 aliphatic carbocycles. The summed E-state index contributed by atoms with van der Waals surface area (Å²) in [6.07, 6.45) is 10.5. The van der Waals surface area contributed by atoms with E-state index in [-0.39, 0.29) is 23.3 Å². The predicted octanol–water partition coefficient (Wildman–Crippen LogP) is 2.72. The highest BCUT2D eigenvalue weighted by molar-refractivity contribution is 5.99. The smallest absolute Gasteiger partial charge is 0.259 e. The van der Waals surface area contributed by atoms with Gasteiger partial charge in [-0.15, -0.1) is 0 Å². The number of carbonyl (C=O) groups excluding carboxylic acids is 2. The standard InChI is InChI=1S/C21H33N5O2/c1-21(2)12-17(14-6-4-3-5-7-14)24-19-16(13-23-26(19)21)20(28)25-10-8-15(9-11-25)18(22)27/h13-15,17,24H,3-12H2,1-2H3,(H2,22,27). The Morgan fingerprint density at radius 2 is 1.82 bits per heavy atom. The summed E-state index contributed by atoms with van der Waals surface area (Å²) in [5.41, 5.74) is 5.97. The van der Waals surface area contributed by atoms with E-state index in [0.29, 0.717) is 43.5 Å². The number of piperidine rings is 1. The Balaban J connectivity index is 1.54. The van der Waals surface area contributed by atoms with Gasteiger partial charge in [-0.2, -0.15) is 5.10 Å². The number of nitrogens with one attached hydrogen (secondary N) is 1. The number of likely N-dealkylation sites (tertiary alicyclic amines) is 1. The summed E-state index contributed by atoms with van der Waals surface area (Å²) in [6.45, 7) is 5.58. The number of primary amides is 1. The molecule has 1 aromatic rings. The number of anilines is 1. The van der Waals surface area contributed by atoms with Crippen LogP contribution in [0.1, 0.15) is 75.6 Å². The van der Waals surface area contributed by atoms with E-state index in [4.69, 9.17) is 5.73 Å².